The van der Waals surface area contributed by atoms with Crippen LogP contribution in [-0.4, -0.2) is 13.2 Å². The van der Waals surface area contributed by atoms with Crippen molar-refractivity contribution in [3.05, 3.63) is 59.2 Å². The number of hydrogen-bond donors (Lipinski definition) is 2. The molecule has 0 fully saturated rings. The van der Waals surface area contributed by atoms with Crippen LogP contribution in [0.4, 0.5) is 0 Å². The van der Waals surface area contributed by atoms with Gasteiger partial charge in [0.15, 0.2) is 11.5 Å². The Morgan fingerprint density at radius 3 is 2.33 bits per heavy atom. The fraction of sp³-hybridized carbons (Fsp3) is 0.294. The number of hydrazine groups is 1. The molecule has 0 aromatic heterocycles. The van der Waals surface area contributed by atoms with Crippen LogP contribution in [0.1, 0.15) is 29.7 Å². The Morgan fingerprint density at radius 1 is 1.00 bits per heavy atom. The van der Waals surface area contributed by atoms with Gasteiger partial charge < -0.3 is 9.47 Å². The summed E-state index contributed by atoms with van der Waals surface area (Å²) in [6.45, 7) is 3.33. The van der Waals surface area contributed by atoms with Crippen molar-refractivity contribution in [3.8, 4) is 11.5 Å². The monoisotopic (exact) mass is 284 g/mol. The van der Waals surface area contributed by atoms with Crippen LogP contribution < -0.4 is 20.7 Å². The number of nitrogens with one attached hydrogen (secondary N) is 1. The van der Waals surface area contributed by atoms with E-state index in [9.17, 15) is 0 Å². The molecule has 4 nitrogen and oxygen atoms in total. The molecule has 0 saturated carbocycles. The van der Waals surface area contributed by atoms with Crippen molar-refractivity contribution in [1.82, 2.24) is 5.43 Å². The molecule has 110 valence electrons. The maximum absolute atomic E-state index is 5.76. The largest absolute Gasteiger partial charge is 0.486 e. The Labute approximate surface area is 124 Å². The molecule has 1 atom stereocenters. The summed E-state index contributed by atoms with van der Waals surface area (Å²) < 4.78 is 11.2. The van der Waals surface area contributed by atoms with E-state index in [0.29, 0.717) is 13.2 Å². The number of hydrogen-bond acceptors (Lipinski definition) is 4. The summed E-state index contributed by atoms with van der Waals surface area (Å²) in [6.07, 6.45) is 1.03. The van der Waals surface area contributed by atoms with Crippen molar-refractivity contribution >= 4 is 0 Å². The van der Waals surface area contributed by atoms with Crippen molar-refractivity contribution in [1.29, 1.82) is 0 Å². The molecule has 3 N–H and O–H groups in total. The SMILES string of the molecule is CCc1ccc(C(NN)c2ccc3c(c2)OCCO3)cc1. The van der Waals surface area contributed by atoms with Gasteiger partial charge in [-0.1, -0.05) is 37.3 Å². The Morgan fingerprint density at radius 2 is 1.67 bits per heavy atom. The topological polar surface area (TPSA) is 56.5 Å². The molecule has 0 bridgehead atoms. The number of nitrogens with two attached hydrogens (primary N) is 1. The summed E-state index contributed by atoms with van der Waals surface area (Å²) in [5.74, 6) is 7.34. The molecule has 0 aliphatic carbocycles. The summed E-state index contributed by atoms with van der Waals surface area (Å²) in [5, 5.41) is 0. The second kappa shape index (κ2) is 6.16. The first-order valence-electron chi connectivity index (χ1n) is 7.26. The lowest BCUT2D eigenvalue weighted by molar-refractivity contribution is 0.171. The average molecular weight is 284 g/mol. The van der Waals surface area contributed by atoms with Gasteiger partial charge in [0.05, 0.1) is 6.04 Å². The van der Waals surface area contributed by atoms with Gasteiger partial charge >= 0.3 is 0 Å². The van der Waals surface area contributed by atoms with E-state index in [1.54, 1.807) is 0 Å². The third-order valence-corrected chi connectivity index (χ3v) is 3.79. The second-order valence-electron chi connectivity index (χ2n) is 5.10. The molecule has 0 saturated heterocycles. The van der Waals surface area contributed by atoms with Gasteiger partial charge in [-0.2, -0.15) is 0 Å². The minimum absolute atomic E-state index is 0.0632. The average Bonchev–Trinajstić information content (AvgIpc) is 2.56. The first-order valence-corrected chi connectivity index (χ1v) is 7.26. The fourth-order valence-electron chi connectivity index (χ4n) is 2.57. The van der Waals surface area contributed by atoms with Gasteiger partial charge in [-0.15, -0.1) is 0 Å². The first kappa shape index (κ1) is 13.9. The van der Waals surface area contributed by atoms with E-state index in [4.69, 9.17) is 15.3 Å². The van der Waals surface area contributed by atoms with Gasteiger partial charge in [0.25, 0.3) is 0 Å². The standard InChI is InChI=1S/C17H20N2O2/c1-2-12-3-5-13(6-4-12)17(19-18)14-7-8-15-16(11-14)21-10-9-20-15/h3-8,11,17,19H,2,9-10,18H2,1H3. The van der Waals surface area contributed by atoms with E-state index in [-0.39, 0.29) is 6.04 Å². The minimum Gasteiger partial charge on any atom is -0.486 e. The van der Waals surface area contributed by atoms with Gasteiger partial charge in [0, 0.05) is 0 Å². The molecular formula is C17H20N2O2. The van der Waals surface area contributed by atoms with Crippen LogP contribution in [0.3, 0.4) is 0 Å². The predicted molar refractivity (Wildman–Crippen MR) is 82.4 cm³/mol. The predicted octanol–water partition coefficient (Wildman–Crippen LogP) is 2.57. The van der Waals surface area contributed by atoms with E-state index < -0.39 is 0 Å². The zero-order valence-electron chi connectivity index (χ0n) is 12.1. The molecular weight excluding hydrogens is 264 g/mol. The zero-order valence-corrected chi connectivity index (χ0v) is 12.1. The molecule has 0 spiro atoms. The maximum atomic E-state index is 5.76. The number of ether oxygens (including phenoxy) is 2. The molecule has 0 amide bonds. The van der Waals surface area contributed by atoms with E-state index in [1.807, 2.05) is 18.2 Å². The Balaban J connectivity index is 1.91. The van der Waals surface area contributed by atoms with Crippen LogP contribution in [0.2, 0.25) is 0 Å². The summed E-state index contributed by atoms with van der Waals surface area (Å²) in [5.41, 5.74) is 6.39. The third-order valence-electron chi connectivity index (χ3n) is 3.79. The molecule has 4 heteroatoms. The molecule has 1 aliphatic heterocycles. The molecule has 1 unspecified atom stereocenters. The number of benzene rings is 2. The highest BCUT2D eigenvalue weighted by molar-refractivity contribution is 5.46. The van der Waals surface area contributed by atoms with Crippen LogP contribution in [0.25, 0.3) is 0 Å². The normalized spacial score (nSPS) is 14.8. The first-order chi connectivity index (χ1) is 10.3. The molecule has 21 heavy (non-hydrogen) atoms. The van der Waals surface area contributed by atoms with Gasteiger partial charge in [-0.25, -0.2) is 5.43 Å². The highest BCUT2D eigenvalue weighted by Crippen LogP contribution is 2.34. The molecule has 1 aliphatic rings. The van der Waals surface area contributed by atoms with Crippen molar-refractivity contribution in [3.63, 3.8) is 0 Å². The Kier molecular flexibility index (Phi) is 4.08. The quantitative estimate of drug-likeness (QED) is 0.669. The van der Waals surface area contributed by atoms with Crippen LogP contribution >= 0.6 is 0 Å². The smallest absolute Gasteiger partial charge is 0.161 e. The van der Waals surface area contributed by atoms with Crippen LogP contribution in [0.5, 0.6) is 11.5 Å². The van der Waals surface area contributed by atoms with Gasteiger partial charge in [0.2, 0.25) is 0 Å². The lowest BCUT2D eigenvalue weighted by Crippen LogP contribution is -2.29. The lowest BCUT2D eigenvalue weighted by atomic mass is 9.97. The van der Waals surface area contributed by atoms with E-state index in [1.165, 1.54) is 5.56 Å². The van der Waals surface area contributed by atoms with E-state index >= 15 is 0 Å². The van der Waals surface area contributed by atoms with Crippen LogP contribution in [0.15, 0.2) is 42.5 Å². The third kappa shape index (κ3) is 2.86. The summed E-state index contributed by atoms with van der Waals surface area (Å²) >= 11 is 0. The summed E-state index contributed by atoms with van der Waals surface area (Å²) in [4.78, 5) is 0. The number of fused-ring (bicyclic) bond motifs is 1. The van der Waals surface area contributed by atoms with Crippen LogP contribution in [-0.2, 0) is 6.42 Å². The number of rotatable bonds is 4. The minimum atomic E-state index is -0.0632. The van der Waals surface area contributed by atoms with E-state index in [0.717, 1.165) is 29.0 Å². The molecule has 1 heterocycles. The Bertz CT molecular complexity index is 611. The lowest BCUT2D eigenvalue weighted by Gasteiger charge is -2.22. The van der Waals surface area contributed by atoms with Gasteiger partial charge in [-0.05, 0) is 35.2 Å². The highest BCUT2D eigenvalue weighted by Gasteiger charge is 2.17. The molecule has 2 aromatic rings. The van der Waals surface area contributed by atoms with Crippen molar-refractivity contribution < 1.29 is 9.47 Å². The van der Waals surface area contributed by atoms with Crippen LogP contribution in [0, 0.1) is 0 Å². The van der Waals surface area contributed by atoms with Gasteiger partial charge in [-0.3, -0.25) is 5.84 Å². The summed E-state index contributed by atoms with van der Waals surface area (Å²) in [6, 6.07) is 14.4. The molecule has 2 aromatic carbocycles. The maximum Gasteiger partial charge on any atom is 0.161 e. The Hall–Kier alpha value is -2.04. The van der Waals surface area contributed by atoms with E-state index in [2.05, 4.69) is 36.6 Å². The molecule has 3 rings (SSSR count). The van der Waals surface area contributed by atoms with Crippen molar-refractivity contribution in [2.24, 2.45) is 5.84 Å². The fourth-order valence-corrected chi connectivity index (χ4v) is 2.57. The molecule has 0 radical (unpaired) electrons. The van der Waals surface area contributed by atoms with Crippen molar-refractivity contribution in [2.45, 2.75) is 19.4 Å². The highest BCUT2D eigenvalue weighted by atomic mass is 16.6. The van der Waals surface area contributed by atoms with Crippen molar-refractivity contribution in [2.75, 3.05) is 13.2 Å². The summed E-state index contributed by atoms with van der Waals surface area (Å²) in [7, 11) is 0. The second-order valence-corrected chi connectivity index (χ2v) is 5.10. The number of aryl methyl sites for hydroxylation is 1. The van der Waals surface area contributed by atoms with Gasteiger partial charge in [0.1, 0.15) is 13.2 Å². The zero-order chi connectivity index (χ0) is 14.7.